The maximum atomic E-state index is 3.18. The fourth-order valence-corrected chi connectivity index (χ4v) is 2.10. The Morgan fingerprint density at radius 3 is 1.83 bits per heavy atom. The summed E-state index contributed by atoms with van der Waals surface area (Å²) in [5.74, 6) is 0. The normalized spacial score (nSPS) is 11.9. The summed E-state index contributed by atoms with van der Waals surface area (Å²) in [4.78, 5) is 0. The quantitative estimate of drug-likeness (QED) is 0.254. The first kappa shape index (κ1) is 17.5. The predicted molar refractivity (Wildman–Crippen MR) is 83.7 cm³/mol. The molecule has 0 fully saturated rings. The van der Waals surface area contributed by atoms with Crippen molar-refractivity contribution < 1.29 is 0 Å². The molecule has 0 aromatic rings. The largest absolute Gasteiger partial charge is 0.0845 e. The zero-order valence-electron chi connectivity index (χ0n) is 12.7. The van der Waals surface area contributed by atoms with Crippen LogP contribution in [0.4, 0.5) is 0 Å². The van der Waals surface area contributed by atoms with Crippen LogP contribution in [0.5, 0.6) is 0 Å². The molecule has 0 aliphatic heterocycles. The van der Waals surface area contributed by atoms with Crippen LogP contribution in [-0.4, -0.2) is 0 Å². The van der Waals surface area contributed by atoms with Gasteiger partial charge in [-0.05, 0) is 25.3 Å². The highest BCUT2D eigenvalue weighted by Crippen LogP contribution is 2.11. The molecule has 0 spiro atoms. The second-order valence-electron chi connectivity index (χ2n) is 5.12. The lowest BCUT2D eigenvalue weighted by molar-refractivity contribution is 0.557. The van der Waals surface area contributed by atoms with Crippen molar-refractivity contribution in [3.63, 3.8) is 0 Å². The predicted octanol–water partition coefficient (Wildman–Crippen LogP) is 6.62. The fourth-order valence-electron chi connectivity index (χ4n) is 2.10. The van der Waals surface area contributed by atoms with Crippen LogP contribution < -0.4 is 0 Å². The third-order valence-electron chi connectivity index (χ3n) is 3.28. The topological polar surface area (TPSA) is 0 Å². The molecule has 105 valence electrons. The molecule has 0 saturated heterocycles. The second kappa shape index (κ2) is 16.5. The summed E-state index contributed by atoms with van der Waals surface area (Å²) in [6.45, 7) is 4.40. The van der Waals surface area contributed by atoms with E-state index in [1.54, 1.807) is 0 Å². The third kappa shape index (κ3) is 15.5. The van der Waals surface area contributed by atoms with E-state index in [-0.39, 0.29) is 0 Å². The molecule has 0 heteroatoms. The number of allylic oxidation sites excluding steroid dienone is 4. The van der Waals surface area contributed by atoms with Gasteiger partial charge >= 0.3 is 0 Å². The lowest BCUT2D eigenvalue weighted by Gasteiger charge is -2.01. The molecule has 0 heterocycles. The van der Waals surface area contributed by atoms with Crippen molar-refractivity contribution in [3.05, 3.63) is 24.3 Å². The summed E-state index contributed by atoms with van der Waals surface area (Å²) in [5.41, 5.74) is 0. The molecule has 0 aromatic carbocycles. The molecule has 0 bridgehead atoms. The van der Waals surface area contributed by atoms with Gasteiger partial charge in [0.05, 0.1) is 0 Å². The van der Waals surface area contributed by atoms with E-state index in [1.165, 1.54) is 70.6 Å². The van der Waals surface area contributed by atoms with E-state index in [9.17, 15) is 0 Å². The number of rotatable bonds is 13. The Hall–Kier alpha value is -0.520. The van der Waals surface area contributed by atoms with Gasteiger partial charge in [0.25, 0.3) is 0 Å². The fraction of sp³-hybridized carbons (Fsp3) is 0.778. The Morgan fingerprint density at radius 2 is 1.28 bits per heavy atom. The van der Waals surface area contributed by atoms with Crippen LogP contribution in [-0.2, 0) is 0 Å². The van der Waals surface area contributed by atoms with Crippen LogP contribution in [0.1, 0.15) is 90.9 Å². The number of hydrogen-bond acceptors (Lipinski definition) is 0. The van der Waals surface area contributed by atoms with Crippen molar-refractivity contribution in [1.29, 1.82) is 0 Å². The van der Waals surface area contributed by atoms with E-state index in [0.29, 0.717) is 0 Å². The van der Waals surface area contributed by atoms with Gasteiger partial charge in [-0.1, -0.05) is 89.9 Å². The highest BCUT2D eigenvalue weighted by atomic mass is 14.0. The number of unbranched alkanes of at least 4 members (excludes halogenated alkanes) is 10. The second-order valence-corrected chi connectivity index (χ2v) is 5.12. The van der Waals surface area contributed by atoms with Crippen LogP contribution in [0.25, 0.3) is 0 Å². The van der Waals surface area contributed by atoms with E-state index < -0.39 is 0 Å². The summed E-state index contributed by atoms with van der Waals surface area (Å²) in [6, 6.07) is 0. The highest BCUT2D eigenvalue weighted by Gasteiger charge is 1.91. The van der Waals surface area contributed by atoms with Gasteiger partial charge in [0.1, 0.15) is 0 Å². The van der Waals surface area contributed by atoms with E-state index in [2.05, 4.69) is 32.1 Å². The van der Waals surface area contributed by atoms with Crippen LogP contribution in [0.3, 0.4) is 0 Å². The average Bonchev–Trinajstić information content (AvgIpc) is 2.39. The molecule has 0 aliphatic carbocycles. The zero-order valence-corrected chi connectivity index (χ0v) is 12.7. The summed E-state index contributed by atoms with van der Waals surface area (Å²) in [5, 5.41) is 0. The molecule has 0 saturated carbocycles. The van der Waals surface area contributed by atoms with Gasteiger partial charge in [-0.2, -0.15) is 0 Å². The van der Waals surface area contributed by atoms with Crippen molar-refractivity contribution in [3.8, 4) is 0 Å². The molecule has 0 aliphatic rings. The van der Waals surface area contributed by atoms with E-state index >= 15 is 0 Å². The first-order valence-electron chi connectivity index (χ1n) is 8.13. The molecule has 0 rings (SSSR count). The lowest BCUT2D eigenvalue weighted by Crippen LogP contribution is -1.81. The lowest BCUT2D eigenvalue weighted by atomic mass is 10.1. The Balaban J connectivity index is 3.03. The first-order chi connectivity index (χ1) is 8.91. The molecule has 0 nitrogen and oxygen atoms in total. The van der Waals surface area contributed by atoms with Crippen LogP contribution >= 0.6 is 0 Å². The molecule has 18 heavy (non-hydrogen) atoms. The molecule has 0 atom stereocenters. The zero-order chi connectivity index (χ0) is 13.3. The monoisotopic (exact) mass is 249 g/mol. The van der Waals surface area contributed by atoms with Crippen molar-refractivity contribution in [2.75, 3.05) is 0 Å². The van der Waals surface area contributed by atoms with Gasteiger partial charge in [0, 0.05) is 0 Å². The minimum atomic E-state index is 1.02. The van der Waals surface area contributed by atoms with Gasteiger partial charge in [-0.3, -0.25) is 0 Å². The van der Waals surface area contributed by atoms with Crippen molar-refractivity contribution in [2.45, 2.75) is 90.9 Å². The number of hydrogen-bond donors (Lipinski definition) is 0. The van der Waals surface area contributed by atoms with Gasteiger partial charge in [0.15, 0.2) is 0 Å². The van der Waals surface area contributed by atoms with Crippen LogP contribution in [0.2, 0.25) is 0 Å². The Kier molecular flexibility index (Phi) is 16.0. The van der Waals surface area contributed by atoms with Gasteiger partial charge in [-0.25, -0.2) is 0 Å². The minimum Gasteiger partial charge on any atom is -0.0845 e. The molecule has 0 N–H and O–H groups in total. The standard InChI is InChI=1S/C18H33/c1-3-5-7-9-11-13-15-17-18-16-14-12-10-8-6-4-2/h8,10,12H,3-5,7,9,11,13-18H2,1-2H3. The maximum Gasteiger partial charge on any atom is -0.0305 e. The highest BCUT2D eigenvalue weighted by molar-refractivity contribution is 4.98. The molecule has 0 unspecified atom stereocenters. The maximum absolute atomic E-state index is 3.18. The first-order valence-corrected chi connectivity index (χ1v) is 8.13. The van der Waals surface area contributed by atoms with E-state index in [0.717, 1.165) is 6.42 Å². The SMILES string of the molecule is CC/[C]=C/C=CCCCCCCCCCCCC. The third-order valence-corrected chi connectivity index (χ3v) is 3.28. The molecule has 1 radical (unpaired) electrons. The summed E-state index contributed by atoms with van der Waals surface area (Å²) >= 11 is 0. The molecular formula is C18H33. The summed E-state index contributed by atoms with van der Waals surface area (Å²) in [6.07, 6.45) is 26.1. The van der Waals surface area contributed by atoms with Gasteiger partial charge in [-0.15, -0.1) is 0 Å². The summed E-state index contributed by atoms with van der Waals surface area (Å²) < 4.78 is 0. The molecule has 0 amide bonds. The van der Waals surface area contributed by atoms with Crippen molar-refractivity contribution in [2.24, 2.45) is 0 Å². The van der Waals surface area contributed by atoms with E-state index in [4.69, 9.17) is 0 Å². The van der Waals surface area contributed by atoms with Crippen LogP contribution in [0, 0.1) is 6.08 Å². The molecular weight excluding hydrogens is 216 g/mol. The Labute approximate surface area is 116 Å². The minimum absolute atomic E-state index is 1.02. The van der Waals surface area contributed by atoms with Gasteiger partial charge in [0.2, 0.25) is 0 Å². The summed E-state index contributed by atoms with van der Waals surface area (Å²) in [7, 11) is 0. The van der Waals surface area contributed by atoms with Crippen molar-refractivity contribution >= 4 is 0 Å². The van der Waals surface area contributed by atoms with Gasteiger partial charge < -0.3 is 0 Å². The molecule has 0 aromatic heterocycles. The Morgan fingerprint density at radius 1 is 0.722 bits per heavy atom. The van der Waals surface area contributed by atoms with E-state index in [1.807, 2.05) is 6.08 Å². The average molecular weight is 249 g/mol. The van der Waals surface area contributed by atoms with Crippen molar-refractivity contribution in [1.82, 2.24) is 0 Å². The smallest absolute Gasteiger partial charge is 0.0305 e. The Bertz CT molecular complexity index is 188. The van der Waals surface area contributed by atoms with Crippen LogP contribution in [0.15, 0.2) is 18.2 Å².